The zero-order valence-corrected chi connectivity index (χ0v) is 11.3. The second-order valence-corrected chi connectivity index (χ2v) is 5.48. The van der Waals surface area contributed by atoms with Crippen molar-refractivity contribution in [2.45, 2.75) is 52.0 Å². The first-order chi connectivity index (χ1) is 8.40. The van der Waals surface area contributed by atoms with Crippen molar-refractivity contribution in [3.8, 4) is 0 Å². The molecule has 5 nitrogen and oxygen atoms in total. The first-order valence-electron chi connectivity index (χ1n) is 6.68. The largest absolute Gasteiger partial charge is 0.481 e. The first-order valence-corrected chi connectivity index (χ1v) is 6.68. The van der Waals surface area contributed by atoms with Crippen LogP contribution < -0.4 is 5.73 Å². The standard InChI is InChI=1S/C13H24N2O3/c1-3-4-6-10(14)11(16)15-8-5-7-13(2,9-15)12(17)18/h10H,3-9,14H2,1-2H3,(H,17,18). The maximum Gasteiger partial charge on any atom is 0.311 e. The number of unbranched alkanes of at least 4 members (excludes halogenated alkanes) is 1. The molecular weight excluding hydrogens is 232 g/mol. The molecule has 1 heterocycles. The van der Waals surface area contributed by atoms with Crippen LogP contribution in [-0.2, 0) is 9.59 Å². The van der Waals surface area contributed by atoms with Gasteiger partial charge in [-0.15, -0.1) is 0 Å². The van der Waals surface area contributed by atoms with E-state index < -0.39 is 17.4 Å². The van der Waals surface area contributed by atoms with Crippen LogP contribution in [-0.4, -0.2) is 41.0 Å². The minimum absolute atomic E-state index is 0.101. The molecule has 1 amide bonds. The lowest BCUT2D eigenvalue weighted by Crippen LogP contribution is -2.52. The van der Waals surface area contributed by atoms with Crippen LogP contribution in [0.4, 0.5) is 0 Å². The number of rotatable bonds is 5. The Hall–Kier alpha value is -1.10. The van der Waals surface area contributed by atoms with Gasteiger partial charge in [-0.3, -0.25) is 9.59 Å². The Bertz CT molecular complexity index is 319. The molecule has 1 fully saturated rings. The molecule has 0 aliphatic carbocycles. The average Bonchev–Trinajstić information content (AvgIpc) is 2.34. The minimum atomic E-state index is -0.831. The van der Waals surface area contributed by atoms with Crippen molar-refractivity contribution in [2.75, 3.05) is 13.1 Å². The van der Waals surface area contributed by atoms with Crippen molar-refractivity contribution in [1.82, 2.24) is 4.90 Å². The Balaban J connectivity index is 2.61. The molecule has 1 saturated heterocycles. The number of amides is 1. The number of aliphatic carboxylic acids is 1. The molecule has 1 aliphatic rings. The lowest BCUT2D eigenvalue weighted by molar-refractivity contribution is -0.153. The summed E-state index contributed by atoms with van der Waals surface area (Å²) in [5, 5.41) is 9.21. The highest BCUT2D eigenvalue weighted by molar-refractivity contribution is 5.83. The summed E-state index contributed by atoms with van der Waals surface area (Å²) in [7, 11) is 0. The molecule has 18 heavy (non-hydrogen) atoms. The van der Waals surface area contributed by atoms with E-state index in [-0.39, 0.29) is 12.5 Å². The maximum atomic E-state index is 12.1. The third kappa shape index (κ3) is 3.45. The van der Waals surface area contributed by atoms with Crippen molar-refractivity contribution in [2.24, 2.45) is 11.1 Å². The van der Waals surface area contributed by atoms with E-state index in [1.165, 1.54) is 0 Å². The highest BCUT2D eigenvalue weighted by Crippen LogP contribution is 2.30. The van der Waals surface area contributed by atoms with Gasteiger partial charge in [0.25, 0.3) is 0 Å². The number of carbonyl (C=O) groups is 2. The fourth-order valence-electron chi connectivity index (χ4n) is 2.38. The lowest BCUT2D eigenvalue weighted by Gasteiger charge is -2.38. The third-order valence-electron chi connectivity index (χ3n) is 3.71. The zero-order valence-electron chi connectivity index (χ0n) is 11.3. The van der Waals surface area contributed by atoms with Gasteiger partial charge in [-0.2, -0.15) is 0 Å². The number of nitrogens with zero attached hydrogens (tertiary/aromatic N) is 1. The fraction of sp³-hybridized carbons (Fsp3) is 0.846. The van der Waals surface area contributed by atoms with Crippen LogP contribution in [0.2, 0.25) is 0 Å². The van der Waals surface area contributed by atoms with E-state index in [9.17, 15) is 14.7 Å². The van der Waals surface area contributed by atoms with Crippen molar-refractivity contribution in [3.05, 3.63) is 0 Å². The molecule has 0 spiro atoms. The molecule has 2 atom stereocenters. The summed E-state index contributed by atoms with van der Waals surface area (Å²) in [6.07, 6.45) is 3.96. The number of likely N-dealkylation sites (tertiary alicyclic amines) is 1. The summed E-state index contributed by atoms with van der Waals surface area (Å²) in [5.74, 6) is -0.933. The summed E-state index contributed by atoms with van der Waals surface area (Å²) >= 11 is 0. The second-order valence-electron chi connectivity index (χ2n) is 5.48. The Morgan fingerprint density at radius 1 is 1.50 bits per heavy atom. The molecule has 2 unspecified atom stereocenters. The molecule has 104 valence electrons. The van der Waals surface area contributed by atoms with Gasteiger partial charge < -0.3 is 15.7 Å². The normalized spacial score (nSPS) is 25.8. The lowest BCUT2D eigenvalue weighted by atomic mass is 9.82. The van der Waals surface area contributed by atoms with Crippen molar-refractivity contribution in [3.63, 3.8) is 0 Å². The predicted molar refractivity (Wildman–Crippen MR) is 69.1 cm³/mol. The molecule has 1 aliphatic heterocycles. The van der Waals surface area contributed by atoms with Crippen LogP contribution in [0.3, 0.4) is 0 Å². The zero-order chi connectivity index (χ0) is 13.8. The highest BCUT2D eigenvalue weighted by atomic mass is 16.4. The van der Waals surface area contributed by atoms with Gasteiger partial charge in [-0.1, -0.05) is 19.8 Å². The third-order valence-corrected chi connectivity index (χ3v) is 3.71. The smallest absolute Gasteiger partial charge is 0.311 e. The van der Waals surface area contributed by atoms with Crippen molar-refractivity contribution in [1.29, 1.82) is 0 Å². The van der Waals surface area contributed by atoms with E-state index in [0.717, 1.165) is 19.3 Å². The monoisotopic (exact) mass is 256 g/mol. The summed E-state index contributed by atoms with van der Waals surface area (Å²) in [5.41, 5.74) is 5.04. The Labute approximate surface area is 108 Å². The van der Waals surface area contributed by atoms with Gasteiger partial charge in [0.15, 0.2) is 0 Å². The molecule has 0 saturated carbocycles. The number of carboxylic acids is 1. The number of hydrogen-bond donors (Lipinski definition) is 2. The molecule has 0 radical (unpaired) electrons. The van der Waals surface area contributed by atoms with Gasteiger partial charge >= 0.3 is 5.97 Å². The number of piperidine rings is 1. The highest BCUT2D eigenvalue weighted by Gasteiger charge is 2.40. The molecule has 1 rings (SSSR count). The van der Waals surface area contributed by atoms with Crippen LogP contribution in [0, 0.1) is 5.41 Å². The van der Waals surface area contributed by atoms with E-state index in [1.54, 1.807) is 11.8 Å². The molecule has 0 aromatic heterocycles. The molecular formula is C13H24N2O3. The van der Waals surface area contributed by atoms with Gasteiger partial charge in [0.2, 0.25) is 5.91 Å². The van der Waals surface area contributed by atoms with Crippen molar-refractivity contribution >= 4 is 11.9 Å². The fourth-order valence-corrected chi connectivity index (χ4v) is 2.38. The molecule has 0 bridgehead atoms. The van der Waals surface area contributed by atoms with Crippen molar-refractivity contribution < 1.29 is 14.7 Å². The maximum absolute atomic E-state index is 12.1. The summed E-state index contributed by atoms with van der Waals surface area (Å²) < 4.78 is 0. The van der Waals surface area contributed by atoms with Crippen LogP contribution in [0.1, 0.15) is 46.0 Å². The van der Waals surface area contributed by atoms with Crippen LogP contribution in [0.25, 0.3) is 0 Å². The summed E-state index contributed by atoms with van der Waals surface area (Å²) in [6, 6.07) is -0.485. The topological polar surface area (TPSA) is 83.6 Å². The van der Waals surface area contributed by atoms with Gasteiger partial charge in [0, 0.05) is 13.1 Å². The van der Waals surface area contributed by atoms with Crippen LogP contribution >= 0.6 is 0 Å². The molecule has 5 heteroatoms. The Kier molecular flexibility index (Phi) is 5.14. The van der Waals surface area contributed by atoms with E-state index in [4.69, 9.17) is 5.73 Å². The predicted octanol–water partition coefficient (Wildman–Crippen LogP) is 1.22. The molecule has 0 aromatic carbocycles. The Morgan fingerprint density at radius 3 is 2.72 bits per heavy atom. The Morgan fingerprint density at radius 2 is 2.17 bits per heavy atom. The SMILES string of the molecule is CCCCC(N)C(=O)N1CCCC(C)(C(=O)O)C1. The molecule has 0 aromatic rings. The number of hydrogen-bond acceptors (Lipinski definition) is 3. The van der Waals surface area contributed by atoms with Crippen LogP contribution in [0.15, 0.2) is 0 Å². The van der Waals surface area contributed by atoms with E-state index in [1.807, 2.05) is 0 Å². The van der Waals surface area contributed by atoms with E-state index in [2.05, 4.69) is 6.92 Å². The van der Waals surface area contributed by atoms with Gasteiger partial charge in [-0.05, 0) is 26.2 Å². The van der Waals surface area contributed by atoms with Gasteiger partial charge in [0.05, 0.1) is 11.5 Å². The van der Waals surface area contributed by atoms with Crippen LogP contribution in [0.5, 0.6) is 0 Å². The average molecular weight is 256 g/mol. The van der Waals surface area contributed by atoms with Gasteiger partial charge in [0.1, 0.15) is 0 Å². The van der Waals surface area contributed by atoms with Gasteiger partial charge in [-0.25, -0.2) is 0 Å². The van der Waals surface area contributed by atoms with E-state index in [0.29, 0.717) is 19.4 Å². The number of carbonyl (C=O) groups excluding carboxylic acids is 1. The van der Waals surface area contributed by atoms with E-state index >= 15 is 0 Å². The quantitative estimate of drug-likeness (QED) is 0.774. The second kappa shape index (κ2) is 6.18. The molecule has 3 N–H and O–H groups in total. The number of carboxylic acid groups (broad SMARTS) is 1. The first kappa shape index (κ1) is 15.0. The number of nitrogens with two attached hydrogens (primary N) is 1. The summed E-state index contributed by atoms with van der Waals surface area (Å²) in [4.78, 5) is 25.0. The minimum Gasteiger partial charge on any atom is -0.481 e. The summed E-state index contributed by atoms with van der Waals surface area (Å²) in [6.45, 7) is 4.66.